The lowest BCUT2D eigenvalue weighted by atomic mass is 10.5. The first-order valence-electron chi connectivity index (χ1n) is 4.48. The second-order valence-corrected chi connectivity index (χ2v) is 4.12. The van der Waals surface area contributed by atoms with Gasteiger partial charge in [0, 0.05) is 12.3 Å². The van der Waals surface area contributed by atoms with Crippen LogP contribution in [0.5, 0.6) is 0 Å². The van der Waals surface area contributed by atoms with Crippen LogP contribution in [-0.2, 0) is 0 Å². The zero-order valence-electron chi connectivity index (χ0n) is 8.21. The Morgan fingerprint density at radius 1 is 1.42 bits per heavy atom. The van der Waals surface area contributed by atoms with Crippen LogP contribution in [-0.4, -0.2) is 35.5 Å². The van der Waals surface area contributed by atoms with E-state index in [4.69, 9.17) is 5.26 Å². The molecule has 70 valence electrons. The van der Waals surface area contributed by atoms with Crippen LogP contribution in [0.15, 0.2) is 0 Å². The molecule has 0 N–H and O–H groups in total. The molecule has 0 aliphatic rings. The Morgan fingerprint density at radius 2 is 2.00 bits per heavy atom. The maximum atomic E-state index is 8.53. The highest BCUT2D eigenvalue weighted by Crippen LogP contribution is 2.08. The van der Waals surface area contributed by atoms with Gasteiger partial charge in [0.1, 0.15) is 0 Å². The van der Waals surface area contributed by atoms with E-state index in [0.29, 0.717) is 0 Å². The van der Waals surface area contributed by atoms with Crippen molar-refractivity contribution in [2.24, 2.45) is 0 Å². The van der Waals surface area contributed by atoms with Crippen LogP contribution >= 0.6 is 11.8 Å². The molecule has 0 bridgehead atoms. The number of thioether (sulfide) groups is 1. The number of nitrogens with zero attached hydrogens (tertiary/aromatic N) is 2. The summed E-state index contributed by atoms with van der Waals surface area (Å²) in [4.78, 5) is 2.37. The van der Waals surface area contributed by atoms with E-state index in [1.807, 2.05) is 6.92 Å². The first-order chi connectivity index (χ1) is 5.74. The van der Waals surface area contributed by atoms with Gasteiger partial charge in [0.2, 0.25) is 0 Å². The van der Waals surface area contributed by atoms with Crippen molar-refractivity contribution in [1.29, 1.82) is 5.26 Å². The molecule has 0 heterocycles. The van der Waals surface area contributed by atoms with Crippen molar-refractivity contribution in [3.05, 3.63) is 0 Å². The zero-order valence-corrected chi connectivity index (χ0v) is 9.02. The lowest BCUT2D eigenvalue weighted by Crippen LogP contribution is -2.25. The molecule has 12 heavy (non-hydrogen) atoms. The van der Waals surface area contributed by atoms with Crippen LogP contribution in [0.25, 0.3) is 0 Å². The largest absolute Gasteiger partial charge is 0.303 e. The second-order valence-electron chi connectivity index (χ2n) is 2.67. The van der Waals surface area contributed by atoms with Crippen LogP contribution in [0.3, 0.4) is 0 Å². The first kappa shape index (κ1) is 11.8. The Labute approximate surface area is 79.9 Å². The van der Waals surface area contributed by atoms with Crippen LogP contribution in [0, 0.1) is 11.3 Å². The van der Waals surface area contributed by atoms with Gasteiger partial charge in [-0.15, -0.1) is 11.8 Å². The minimum atomic E-state index is 0.139. The average molecular weight is 186 g/mol. The van der Waals surface area contributed by atoms with E-state index in [1.54, 1.807) is 11.8 Å². The highest BCUT2D eigenvalue weighted by molar-refractivity contribution is 8.00. The number of hydrogen-bond acceptors (Lipinski definition) is 3. The summed E-state index contributed by atoms with van der Waals surface area (Å²) in [6.45, 7) is 9.61. The molecule has 0 radical (unpaired) electrons. The summed E-state index contributed by atoms with van der Waals surface area (Å²) >= 11 is 1.73. The van der Waals surface area contributed by atoms with Gasteiger partial charge in [0.15, 0.2) is 0 Å². The Bertz CT molecular complexity index is 138. The predicted octanol–water partition coefficient (Wildman–Crippen LogP) is 1.97. The predicted molar refractivity (Wildman–Crippen MR) is 55.3 cm³/mol. The zero-order chi connectivity index (χ0) is 9.40. The molecule has 0 amide bonds. The topological polar surface area (TPSA) is 27.0 Å². The molecule has 3 heteroatoms. The van der Waals surface area contributed by atoms with Gasteiger partial charge in [0.05, 0.1) is 11.3 Å². The Balaban J connectivity index is 3.36. The molecule has 0 spiro atoms. The van der Waals surface area contributed by atoms with Crippen LogP contribution < -0.4 is 0 Å². The summed E-state index contributed by atoms with van der Waals surface area (Å²) in [7, 11) is 0. The molecule has 0 aromatic carbocycles. The van der Waals surface area contributed by atoms with Crippen molar-refractivity contribution < 1.29 is 0 Å². The van der Waals surface area contributed by atoms with Gasteiger partial charge >= 0.3 is 0 Å². The monoisotopic (exact) mass is 186 g/mol. The number of hydrogen-bond donors (Lipinski definition) is 0. The van der Waals surface area contributed by atoms with Gasteiger partial charge in [-0.05, 0) is 20.0 Å². The van der Waals surface area contributed by atoms with Gasteiger partial charge in [-0.1, -0.05) is 13.8 Å². The lowest BCUT2D eigenvalue weighted by Gasteiger charge is -2.17. The second kappa shape index (κ2) is 7.45. The molecule has 0 aromatic rings. The molecule has 0 saturated heterocycles. The van der Waals surface area contributed by atoms with Crippen molar-refractivity contribution in [2.75, 3.05) is 25.4 Å². The van der Waals surface area contributed by atoms with Crippen molar-refractivity contribution in [2.45, 2.75) is 26.0 Å². The van der Waals surface area contributed by atoms with Crippen LogP contribution in [0.4, 0.5) is 0 Å². The fourth-order valence-electron chi connectivity index (χ4n) is 0.936. The maximum absolute atomic E-state index is 8.53. The van der Waals surface area contributed by atoms with Crippen molar-refractivity contribution in [3.63, 3.8) is 0 Å². The number of rotatable bonds is 6. The molecule has 0 aliphatic carbocycles. The normalized spacial score (nSPS) is 12.9. The summed E-state index contributed by atoms with van der Waals surface area (Å²) in [5.74, 6) is 1.07. The van der Waals surface area contributed by atoms with Crippen molar-refractivity contribution >= 4 is 11.8 Å². The third kappa shape index (κ3) is 5.45. The summed E-state index contributed by atoms with van der Waals surface area (Å²) < 4.78 is 0. The third-order valence-electron chi connectivity index (χ3n) is 1.85. The summed E-state index contributed by atoms with van der Waals surface area (Å²) in [6, 6.07) is 2.22. The maximum Gasteiger partial charge on any atom is 0.0889 e. The summed E-state index contributed by atoms with van der Waals surface area (Å²) in [5, 5.41) is 8.67. The summed E-state index contributed by atoms with van der Waals surface area (Å²) in [6.07, 6.45) is 0. The molecule has 1 unspecified atom stereocenters. The number of nitriles is 1. The third-order valence-corrected chi connectivity index (χ3v) is 2.88. The van der Waals surface area contributed by atoms with E-state index in [9.17, 15) is 0 Å². The smallest absolute Gasteiger partial charge is 0.0889 e. The Morgan fingerprint density at radius 3 is 2.42 bits per heavy atom. The highest BCUT2D eigenvalue weighted by Gasteiger charge is 2.01. The van der Waals surface area contributed by atoms with E-state index >= 15 is 0 Å². The molecule has 1 atom stereocenters. The lowest BCUT2D eigenvalue weighted by molar-refractivity contribution is 0.324. The quantitative estimate of drug-likeness (QED) is 0.634. The minimum Gasteiger partial charge on any atom is -0.303 e. The van der Waals surface area contributed by atoms with Gasteiger partial charge in [-0.25, -0.2) is 0 Å². The fourth-order valence-corrected chi connectivity index (χ4v) is 1.73. The van der Waals surface area contributed by atoms with Gasteiger partial charge in [0.25, 0.3) is 0 Å². The van der Waals surface area contributed by atoms with Crippen LogP contribution in [0.1, 0.15) is 20.8 Å². The molecule has 2 nitrogen and oxygen atoms in total. The van der Waals surface area contributed by atoms with Gasteiger partial charge < -0.3 is 4.90 Å². The molecular formula is C9H18N2S. The van der Waals surface area contributed by atoms with Gasteiger partial charge in [-0.2, -0.15) is 5.26 Å². The highest BCUT2D eigenvalue weighted by atomic mass is 32.2. The van der Waals surface area contributed by atoms with E-state index in [-0.39, 0.29) is 5.25 Å². The first-order valence-corrected chi connectivity index (χ1v) is 5.53. The Kier molecular flexibility index (Phi) is 7.33. The summed E-state index contributed by atoms with van der Waals surface area (Å²) in [5.41, 5.74) is 0. The van der Waals surface area contributed by atoms with E-state index in [1.165, 1.54) is 0 Å². The average Bonchev–Trinajstić information content (AvgIpc) is 2.12. The standard InChI is InChI=1S/C9H18N2S/c1-4-11(5-2)6-7-12-9(3)8-10/h9H,4-7H2,1-3H3. The minimum absolute atomic E-state index is 0.139. The SMILES string of the molecule is CCN(CC)CCSC(C)C#N. The molecule has 0 saturated carbocycles. The van der Waals surface area contributed by atoms with Gasteiger partial charge in [-0.3, -0.25) is 0 Å². The van der Waals surface area contributed by atoms with Crippen molar-refractivity contribution in [1.82, 2.24) is 4.90 Å². The van der Waals surface area contributed by atoms with Crippen LogP contribution in [0.2, 0.25) is 0 Å². The van der Waals surface area contributed by atoms with E-state index in [0.717, 1.165) is 25.4 Å². The molecule has 0 rings (SSSR count). The van der Waals surface area contributed by atoms with E-state index in [2.05, 4.69) is 24.8 Å². The molecule has 0 aliphatic heterocycles. The Hall–Kier alpha value is -0.200. The van der Waals surface area contributed by atoms with E-state index < -0.39 is 0 Å². The molecular weight excluding hydrogens is 168 g/mol. The fraction of sp³-hybridized carbons (Fsp3) is 0.889. The molecule has 0 aromatic heterocycles. The molecule has 0 fully saturated rings. The van der Waals surface area contributed by atoms with Crippen molar-refractivity contribution in [3.8, 4) is 6.07 Å².